The molecule has 1 atom stereocenters. The molecule has 0 aliphatic carbocycles. The highest BCUT2D eigenvalue weighted by Gasteiger charge is 2.23. The fraction of sp³-hybridized carbons (Fsp3) is 0.900. The van der Waals surface area contributed by atoms with Crippen LogP contribution in [-0.2, 0) is 4.84 Å². The Balaban J connectivity index is 2.46. The molecular weight excluding hydrogens is 164 g/mol. The van der Waals surface area contributed by atoms with Gasteiger partial charge in [0.05, 0.1) is 5.71 Å². The number of nitrogens with zero attached hydrogens (tertiary/aromatic N) is 2. The summed E-state index contributed by atoms with van der Waals surface area (Å²) in [4.78, 5) is 7.65. The zero-order chi connectivity index (χ0) is 10.1. The van der Waals surface area contributed by atoms with E-state index >= 15 is 0 Å². The third kappa shape index (κ3) is 3.35. The van der Waals surface area contributed by atoms with Crippen LogP contribution in [0.3, 0.4) is 0 Å². The standard InChI is InChI=1S/C10H20N2O/c1-8-6-9(7-12(8)5)11-13-10(2,3)4/h8H,6-7H2,1-5H3/b11-9-. The summed E-state index contributed by atoms with van der Waals surface area (Å²) in [5, 5.41) is 4.17. The normalized spacial score (nSPS) is 28.4. The van der Waals surface area contributed by atoms with Crippen molar-refractivity contribution in [2.75, 3.05) is 13.6 Å². The third-order valence-electron chi connectivity index (χ3n) is 2.16. The molecule has 76 valence electrons. The third-order valence-corrected chi connectivity index (χ3v) is 2.16. The molecule has 1 fully saturated rings. The summed E-state index contributed by atoms with van der Waals surface area (Å²) in [5.41, 5.74) is 0.988. The van der Waals surface area contributed by atoms with Crippen molar-refractivity contribution in [1.29, 1.82) is 0 Å². The van der Waals surface area contributed by atoms with Crippen molar-refractivity contribution in [1.82, 2.24) is 4.90 Å². The zero-order valence-corrected chi connectivity index (χ0v) is 9.29. The highest BCUT2D eigenvalue weighted by atomic mass is 16.6. The van der Waals surface area contributed by atoms with E-state index in [9.17, 15) is 0 Å². The van der Waals surface area contributed by atoms with Gasteiger partial charge in [0.1, 0.15) is 5.60 Å². The fourth-order valence-electron chi connectivity index (χ4n) is 1.27. The van der Waals surface area contributed by atoms with Crippen molar-refractivity contribution in [2.24, 2.45) is 5.16 Å². The number of oxime groups is 1. The van der Waals surface area contributed by atoms with Crippen LogP contribution in [0.15, 0.2) is 5.16 Å². The Kier molecular flexibility index (Phi) is 2.96. The van der Waals surface area contributed by atoms with E-state index in [-0.39, 0.29) is 5.60 Å². The minimum absolute atomic E-state index is 0.169. The Morgan fingerprint density at radius 1 is 1.46 bits per heavy atom. The first-order valence-electron chi connectivity index (χ1n) is 4.82. The molecule has 1 aliphatic rings. The lowest BCUT2D eigenvalue weighted by atomic mass is 10.2. The largest absolute Gasteiger partial charge is 0.390 e. The molecule has 1 rings (SSSR count). The summed E-state index contributed by atoms with van der Waals surface area (Å²) >= 11 is 0. The first-order chi connectivity index (χ1) is 5.88. The molecule has 0 radical (unpaired) electrons. The van der Waals surface area contributed by atoms with E-state index < -0.39 is 0 Å². The van der Waals surface area contributed by atoms with Gasteiger partial charge in [-0.05, 0) is 34.7 Å². The average Bonchev–Trinajstić information content (AvgIpc) is 2.27. The Morgan fingerprint density at radius 2 is 2.08 bits per heavy atom. The van der Waals surface area contributed by atoms with Crippen molar-refractivity contribution in [3.63, 3.8) is 0 Å². The van der Waals surface area contributed by atoms with E-state index in [4.69, 9.17) is 4.84 Å². The molecule has 0 amide bonds. The molecule has 1 saturated heterocycles. The lowest BCUT2D eigenvalue weighted by Gasteiger charge is -2.15. The van der Waals surface area contributed by atoms with Crippen LogP contribution in [-0.4, -0.2) is 35.8 Å². The summed E-state index contributed by atoms with van der Waals surface area (Å²) in [7, 11) is 2.12. The van der Waals surface area contributed by atoms with Crippen molar-refractivity contribution in [3.05, 3.63) is 0 Å². The first-order valence-corrected chi connectivity index (χ1v) is 4.82. The van der Waals surface area contributed by atoms with E-state index in [0.29, 0.717) is 6.04 Å². The van der Waals surface area contributed by atoms with E-state index in [2.05, 4.69) is 24.0 Å². The number of hydrogen-bond donors (Lipinski definition) is 0. The van der Waals surface area contributed by atoms with E-state index in [1.54, 1.807) is 0 Å². The highest BCUT2D eigenvalue weighted by molar-refractivity contribution is 5.88. The Hall–Kier alpha value is -0.570. The van der Waals surface area contributed by atoms with Gasteiger partial charge in [0.2, 0.25) is 0 Å². The second-order valence-electron chi connectivity index (χ2n) is 4.83. The van der Waals surface area contributed by atoms with Crippen LogP contribution in [0.25, 0.3) is 0 Å². The van der Waals surface area contributed by atoms with Crippen LogP contribution in [0.1, 0.15) is 34.1 Å². The molecule has 0 saturated carbocycles. The summed E-state index contributed by atoms with van der Waals surface area (Å²) in [6.07, 6.45) is 1.03. The van der Waals surface area contributed by atoms with Gasteiger partial charge in [0.25, 0.3) is 0 Å². The van der Waals surface area contributed by atoms with Crippen LogP contribution in [0.2, 0.25) is 0 Å². The summed E-state index contributed by atoms with van der Waals surface area (Å²) in [6, 6.07) is 0.599. The second-order valence-corrected chi connectivity index (χ2v) is 4.83. The van der Waals surface area contributed by atoms with Crippen LogP contribution < -0.4 is 0 Å². The Labute approximate surface area is 80.7 Å². The van der Waals surface area contributed by atoms with Crippen LogP contribution in [0.4, 0.5) is 0 Å². The van der Waals surface area contributed by atoms with Gasteiger partial charge in [-0.25, -0.2) is 0 Å². The first kappa shape index (κ1) is 10.5. The molecule has 1 unspecified atom stereocenters. The van der Waals surface area contributed by atoms with Crippen LogP contribution in [0.5, 0.6) is 0 Å². The monoisotopic (exact) mass is 184 g/mol. The zero-order valence-electron chi connectivity index (χ0n) is 9.29. The topological polar surface area (TPSA) is 24.8 Å². The van der Waals surface area contributed by atoms with Crippen molar-refractivity contribution in [3.8, 4) is 0 Å². The maximum atomic E-state index is 5.37. The summed E-state index contributed by atoms with van der Waals surface area (Å²) in [6.45, 7) is 9.19. The number of likely N-dealkylation sites (tertiary alicyclic amines) is 1. The SMILES string of the molecule is CC1C/C(=N/OC(C)(C)C)CN1C. The highest BCUT2D eigenvalue weighted by Crippen LogP contribution is 2.14. The summed E-state index contributed by atoms with van der Waals surface area (Å²) < 4.78 is 0. The Bertz CT molecular complexity index is 193. The van der Waals surface area contributed by atoms with Gasteiger partial charge in [0, 0.05) is 19.0 Å². The van der Waals surface area contributed by atoms with Gasteiger partial charge in [-0.3, -0.25) is 4.90 Å². The van der Waals surface area contributed by atoms with Crippen molar-refractivity contribution in [2.45, 2.75) is 45.8 Å². The smallest absolute Gasteiger partial charge is 0.129 e. The minimum atomic E-state index is -0.169. The average molecular weight is 184 g/mol. The van der Waals surface area contributed by atoms with Gasteiger partial charge in [0.15, 0.2) is 0 Å². The van der Waals surface area contributed by atoms with Gasteiger partial charge in [-0.1, -0.05) is 5.16 Å². The maximum absolute atomic E-state index is 5.37. The molecule has 3 heteroatoms. The van der Waals surface area contributed by atoms with Gasteiger partial charge in [-0.2, -0.15) is 0 Å². The number of hydrogen-bond acceptors (Lipinski definition) is 3. The lowest BCUT2D eigenvalue weighted by Crippen LogP contribution is -2.21. The molecule has 0 bridgehead atoms. The molecular formula is C10H20N2O. The molecule has 0 aromatic rings. The molecule has 1 heterocycles. The fourth-order valence-corrected chi connectivity index (χ4v) is 1.27. The van der Waals surface area contributed by atoms with Crippen molar-refractivity contribution < 1.29 is 4.84 Å². The van der Waals surface area contributed by atoms with Crippen LogP contribution >= 0.6 is 0 Å². The minimum Gasteiger partial charge on any atom is -0.390 e. The molecule has 13 heavy (non-hydrogen) atoms. The van der Waals surface area contributed by atoms with E-state index in [1.165, 1.54) is 0 Å². The predicted octanol–water partition coefficient (Wildman–Crippen LogP) is 1.88. The molecule has 0 N–H and O–H groups in total. The molecule has 1 aliphatic heterocycles. The van der Waals surface area contributed by atoms with E-state index in [1.807, 2.05) is 20.8 Å². The number of rotatable bonds is 1. The Morgan fingerprint density at radius 3 is 2.46 bits per heavy atom. The van der Waals surface area contributed by atoms with E-state index in [0.717, 1.165) is 18.7 Å². The molecule has 0 aromatic heterocycles. The second kappa shape index (κ2) is 3.66. The van der Waals surface area contributed by atoms with Gasteiger partial charge in [-0.15, -0.1) is 0 Å². The molecule has 3 nitrogen and oxygen atoms in total. The predicted molar refractivity (Wildman–Crippen MR) is 55.0 cm³/mol. The quantitative estimate of drug-likeness (QED) is 0.581. The molecule has 0 aromatic carbocycles. The lowest BCUT2D eigenvalue weighted by molar-refractivity contribution is 0.000480. The van der Waals surface area contributed by atoms with Gasteiger partial charge >= 0.3 is 0 Å². The van der Waals surface area contributed by atoms with Crippen molar-refractivity contribution >= 4 is 5.71 Å². The maximum Gasteiger partial charge on any atom is 0.129 e. The molecule has 0 spiro atoms. The summed E-state index contributed by atoms with van der Waals surface area (Å²) in [5.74, 6) is 0. The van der Waals surface area contributed by atoms with Gasteiger partial charge < -0.3 is 4.84 Å². The van der Waals surface area contributed by atoms with Crippen LogP contribution in [0, 0.1) is 0 Å².